The van der Waals surface area contributed by atoms with E-state index < -0.39 is 0 Å². The number of hydrogen-bond acceptors (Lipinski definition) is 2. The Labute approximate surface area is 151 Å². The highest BCUT2D eigenvalue weighted by atomic mass is 16.2. The van der Waals surface area contributed by atoms with Crippen molar-refractivity contribution in [2.24, 2.45) is 0 Å². The van der Waals surface area contributed by atoms with Gasteiger partial charge in [0.15, 0.2) is 0 Å². The van der Waals surface area contributed by atoms with Gasteiger partial charge in [-0.2, -0.15) is 0 Å². The third-order valence-corrected chi connectivity index (χ3v) is 4.42. The van der Waals surface area contributed by atoms with Crippen molar-refractivity contribution >= 4 is 23.4 Å². The average molecular weight is 348 g/mol. The smallest absolute Gasteiger partial charge is 0.319 e. The minimum absolute atomic E-state index is 0.260. The molecule has 0 aliphatic carbocycles. The van der Waals surface area contributed by atoms with Crippen LogP contribution in [-0.2, 0) is 0 Å². The van der Waals surface area contributed by atoms with Crippen LogP contribution in [0.2, 0.25) is 0 Å². The summed E-state index contributed by atoms with van der Waals surface area (Å²) in [6, 6.07) is 4.90. The van der Waals surface area contributed by atoms with Crippen molar-refractivity contribution in [2.45, 2.75) is 72.4 Å². The molecule has 0 radical (unpaired) electrons. The number of anilines is 2. The van der Waals surface area contributed by atoms with Crippen molar-refractivity contribution in [3.8, 4) is 0 Å². The first-order valence-corrected chi connectivity index (χ1v) is 8.77. The van der Waals surface area contributed by atoms with Crippen molar-refractivity contribution in [1.82, 2.24) is 10.6 Å². The van der Waals surface area contributed by atoms with E-state index in [1.54, 1.807) is 6.07 Å². The molecule has 6 nitrogen and oxygen atoms in total. The van der Waals surface area contributed by atoms with Gasteiger partial charge in [0, 0.05) is 22.5 Å². The third kappa shape index (κ3) is 7.03. The highest BCUT2D eigenvalue weighted by Crippen LogP contribution is 2.21. The van der Waals surface area contributed by atoms with Gasteiger partial charge in [-0.25, -0.2) is 9.59 Å². The van der Waals surface area contributed by atoms with E-state index in [0.717, 1.165) is 18.4 Å². The molecular formula is C19H32N4O2. The molecule has 1 aromatic rings. The summed E-state index contributed by atoms with van der Waals surface area (Å²) in [6.45, 7) is 13.8. The molecule has 1 rings (SSSR count). The molecule has 0 spiro atoms. The number of carbonyl (C=O) groups excluding carboxylic acids is 2. The van der Waals surface area contributed by atoms with Gasteiger partial charge in [0.25, 0.3) is 0 Å². The zero-order valence-corrected chi connectivity index (χ0v) is 16.5. The molecule has 0 aliphatic rings. The van der Waals surface area contributed by atoms with Gasteiger partial charge in [0.05, 0.1) is 0 Å². The maximum atomic E-state index is 12.2. The van der Waals surface area contributed by atoms with Crippen LogP contribution in [0.15, 0.2) is 18.2 Å². The van der Waals surface area contributed by atoms with Crippen LogP contribution in [-0.4, -0.2) is 23.1 Å². The van der Waals surface area contributed by atoms with E-state index >= 15 is 0 Å². The van der Waals surface area contributed by atoms with Gasteiger partial charge in [-0.3, -0.25) is 0 Å². The lowest BCUT2D eigenvalue weighted by atomic mass is 10.0. The maximum Gasteiger partial charge on any atom is 0.319 e. The quantitative estimate of drug-likeness (QED) is 0.605. The Morgan fingerprint density at radius 3 is 1.84 bits per heavy atom. The first-order chi connectivity index (χ1) is 11.5. The van der Waals surface area contributed by atoms with Gasteiger partial charge in [-0.15, -0.1) is 0 Å². The Morgan fingerprint density at radius 1 is 0.880 bits per heavy atom. The maximum absolute atomic E-state index is 12.2. The van der Waals surface area contributed by atoms with Crippen LogP contribution >= 0.6 is 0 Å². The standard InChI is InChI=1S/C19H32N4O2/c1-8-18(4,5)22-16(24)20-14-11-10-13(3)15(12-14)21-17(25)23-19(6,7)9-2/h10-12H,8-9H2,1-7H3,(H2,20,22,24)(H2,21,23,25). The Balaban J connectivity index is 2.79. The summed E-state index contributed by atoms with van der Waals surface area (Å²) in [6.07, 6.45) is 1.66. The summed E-state index contributed by atoms with van der Waals surface area (Å²) in [5.74, 6) is 0. The summed E-state index contributed by atoms with van der Waals surface area (Å²) in [7, 11) is 0. The number of hydrogen-bond donors (Lipinski definition) is 4. The second-order valence-corrected chi connectivity index (χ2v) is 7.66. The highest BCUT2D eigenvalue weighted by molar-refractivity contribution is 5.94. The van der Waals surface area contributed by atoms with E-state index in [-0.39, 0.29) is 23.1 Å². The number of amides is 4. The minimum Gasteiger partial charge on any atom is -0.333 e. The largest absolute Gasteiger partial charge is 0.333 e. The fourth-order valence-electron chi connectivity index (χ4n) is 1.94. The van der Waals surface area contributed by atoms with Crippen molar-refractivity contribution in [3.63, 3.8) is 0 Å². The molecular weight excluding hydrogens is 316 g/mol. The number of benzene rings is 1. The molecule has 0 saturated carbocycles. The highest BCUT2D eigenvalue weighted by Gasteiger charge is 2.19. The Morgan fingerprint density at radius 2 is 1.36 bits per heavy atom. The molecule has 6 heteroatoms. The second-order valence-electron chi connectivity index (χ2n) is 7.66. The van der Waals surface area contributed by atoms with Crippen LogP contribution in [0.25, 0.3) is 0 Å². The third-order valence-electron chi connectivity index (χ3n) is 4.42. The minimum atomic E-state index is -0.278. The molecule has 0 bridgehead atoms. The van der Waals surface area contributed by atoms with Crippen LogP contribution in [0.4, 0.5) is 21.0 Å². The van der Waals surface area contributed by atoms with Gasteiger partial charge >= 0.3 is 12.1 Å². The molecule has 140 valence electrons. The van der Waals surface area contributed by atoms with E-state index in [1.807, 2.05) is 60.6 Å². The van der Waals surface area contributed by atoms with Crippen molar-refractivity contribution < 1.29 is 9.59 Å². The molecule has 0 heterocycles. The number of carbonyl (C=O) groups is 2. The summed E-state index contributed by atoms with van der Waals surface area (Å²) in [4.78, 5) is 24.3. The number of aryl methyl sites for hydroxylation is 1. The van der Waals surface area contributed by atoms with E-state index in [4.69, 9.17) is 0 Å². The van der Waals surface area contributed by atoms with Crippen LogP contribution in [0.5, 0.6) is 0 Å². The molecule has 0 saturated heterocycles. The summed E-state index contributed by atoms with van der Waals surface area (Å²) >= 11 is 0. The zero-order valence-electron chi connectivity index (χ0n) is 16.5. The van der Waals surface area contributed by atoms with Gasteiger partial charge in [-0.1, -0.05) is 19.9 Å². The van der Waals surface area contributed by atoms with Crippen molar-refractivity contribution in [3.05, 3.63) is 23.8 Å². The lowest BCUT2D eigenvalue weighted by Crippen LogP contribution is -2.45. The summed E-state index contributed by atoms with van der Waals surface area (Å²) in [5.41, 5.74) is 1.65. The van der Waals surface area contributed by atoms with E-state index in [1.165, 1.54) is 0 Å². The van der Waals surface area contributed by atoms with Gasteiger partial charge in [0.1, 0.15) is 0 Å². The van der Waals surface area contributed by atoms with Crippen LogP contribution in [0, 0.1) is 6.92 Å². The first kappa shape index (κ1) is 20.8. The van der Waals surface area contributed by atoms with Crippen LogP contribution in [0.3, 0.4) is 0 Å². The van der Waals surface area contributed by atoms with Crippen molar-refractivity contribution in [2.75, 3.05) is 10.6 Å². The Hall–Kier alpha value is -2.24. The van der Waals surface area contributed by atoms with Gasteiger partial charge < -0.3 is 21.3 Å². The lowest BCUT2D eigenvalue weighted by Gasteiger charge is -2.25. The number of rotatable bonds is 6. The molecule has 0 aliphatic heterocycles. The summed E-state index contributed by atoms with van der Waals surface area (Å²) in [5, 5.41) is 11.5. The lowest BCUT2D eigenvalue weighted by molar-refractivity contribution is 0.240. The van der Waals surface area contributed by atoms with E-state index in [2.05, 4.69) is 21.3 Å². The monoisotopic (exact) mass is 348 g/mol. The Bertz CT molecular complexity index is 624. The fraction of sp³-hybridized carbons (Fsp3) is 0.579. The molecule has 0 atom stereocenters. The average Bonchev–Trinajstić information content (AvgIpc) is 2.49. The normalized spacial score (nSPS) is 11.6. The number of nitrogens with one attached hydrogen (secondary N) is 4. The fourth-order valence-corrected chi connectivity index (χ4v) is 1.94. The molecule has 0 fully saturated rings. The molecule has 4 amide bonds. The topological polar surface area (TPSA) is 82.3 Å². The summed E-state index contributed by atoms with van der Waals surface area (Å²) < 4.78 is 0. The predicted octanol–water partition coefficient (Wildman–Crippen LogP) is 4.62. The van der Waals surface area contributed by atoms with Crippen molar-refractivity contribution in [1.29, 1.82) is 0 Å². The molecule has 0 aromatic heterocycles. The predicted molar refractivity (Wildman–Crippen MR) is 104 cm³/mol. The van der Waals surface area contributed by atoms with Gasteiger partial charge in [-0.05, 0) is 65.2 Å². The molecule has 4 N–H and O–H groups in total. The SMILES string of the molecule is CCC(C)(C)NC(=O)Nc1ccc(C)c(NC(=O)NC(C)(C)CC)c1. The molecule has 1 aromatic carbocycles. The first-order valence-electron chi connectivity index (χ1n) is 8.77. The Kier molecular flexibility index (Phi) is 6.85. The number of urea groups is 2. The van der Waals surface area contributed by atoms with Gasteiger partial charge in [0.2, 0.25) is 0 Å². The zero-order chi connectivity index (χ0) is 19.3. The van der Waals surface area contributed by atoms with E-state index in [9.17, 15) is 9.59 Å². The second kappa shape index (κ2) is 8.23. The van der Waals surface area contributed by atoms with E-state index in [0.29, 0.717) is 11.4 Å². The van der Waals surface area contributed by atoms with Crippen LogP contribution < -0.4 is 21.3 Å². The van der Waals surface area contributed by atoms with Crippen LogP contribution in [0.1, 0.15) is 59.9 Å². The molecule has 0 unspecified atom stereocenters. The molecule has 25 heavy (non-hydrogen) atoms.